The molecule has 1 saturated heterocycles. The molecule has 1 aliphatic heterocycles. The highest BCUT2D eigenvalue weighted by atomic mass is 16.5. The molecule has 30 heavy (non-hydrogen) atoms. The summed E-state index contributed by atoms with van der Waals surface area (Å²) in [5.74, 6) is 3.01. The van der Waals surface area contributed by atoms with Crippen molar-refractivity contribution in [1.82, 2.24) is 20.8 Å². The summed E-state index contributed by atoms with van der Waals surface area (Å²) in [6, 6.07) is 6.26. The van der Waals surface area contributed by atoms with Crippen molar-refractivity contribution in [3.63, 3.8) is 0 Å². The van der Waals surface area contributed by atoms with Crippen molar-refractivity contribution in [2.75, 3.05) is 26.3 Å². The van der Waals surface area contributed by atoms with E-state index in [9.17, 15) is 0 Å². The van der Waals surface area contributed by atoms with Crippen LogP contribution in [0.2, 0.25) is 0 Å². The summed E-state index contributed by atoms with van der Waals surface area (Å²) >= 11 is 0. The van der Waals surface area contributed by atoms with Gasteiger partial charge in [0.25, 0.3) is 0 Å². The van der Waals surface area contributed by atoms with Crippen LogP contribution in [0.25, 0.3) is 0 Å². The Hall–Kier alpha value is -2.61. The van der Waals surface area contributed by atoms with Crippen molar-refractivity contribution >= 4 is 5.96 Å². The second-order valence-corrected chi connectivity index (χ2v) is 7.52. The van der Waals surface area contributed by atoms with Gasteiger partial charge in [0, 0.05) is 31.7 Å². The molecule has 1 unspecified atom stereocenters. The van der Waals surface area contributed by atoms with E-state index in [4.69, 9.17) is 19.0 Å². The predicted molar refractivity (Wildman–Crippen MR) is 116 cm³/mol. The summed E-state index contributed by atoms with van der Waals surface area (Å²) in [6.07, 6.45) is 4.00. The van der Waals surface area contributed by atoms with Crippen molar-refractivity contribution < 1.29 is 14.0 Å². The van der Waals surface area contributed by atoms with Gasteiger partial charge in [-0.05, 0) is 51.7 Å². The summed E-state index contributed by atoms with van der Waals surface area (Å²) in [4.78, 5) is 8.96. The molecule has 1 aliphatic rings. The monoisotopic (exact) mass is 415 g/mol. The smallest absolute Gasteiger partial charge is 0.226 e. The Morgan fingerprint density at radius 3 is 2.93 bits per heavy atom. The highest BCUT2D eigenvalue weighted by molar-refractivity contribution is 5.79. The normalized spacial score (nSPS) is 16.6. The van der Waals surface area contributed by atoms with Crippen LogP contribution in [0.1, 0.15) is 49.0 Å². The van der Waals surface area contributed by atoms with E-state index in [0.717, 1.165) is 62.7 Å². The van der Waals surface area contributed by atoms with Crippen LogP contribution in [0, 0.1) is 13.8 Å². The highest BCUT2D eigenvalue weighted by Crippen LogP contribution is 2.23. The number of nitrogens with zero attached hydrogens (tertiary/aromatic N) is 3. The topological polar surface area (TPSA) is 93.8 Å². The van der Waals surface area contributed by atoms with Gasteiger partial charge in [-0.1, -0.05) is 17.3 Å². The molecule has 8 nitrogen and oxygen atoms in total. The minimum atomic E-state index is 0.198. The number of benzene rings is 1. The van der Waals surface area contributed by atoms with Crippen molar-refractivity contribution in [3.05, 3.63) is 41.0 Å². The Bertz CT molecular complexity index is 815. The first kappa shape index (κ1) is 22.1. The number of aryl methyl sites for hydroxylation is 3. The zero-order valence-electron chi connectivity index (χ0n) is 18.2. The van der Waals surface area contributed by atoms with Gasteiger partial charge in [-0.15, -0.1) is 0 Å². The third kappa shape index (κ3) is 7.02. The van der Waals surface area contributed by atoms with Crippen molar-refractivity contribution in [2.24, 2.45) is 4.99 Å². The average molecular weight is 416 g/mol. The molecule has 8 heteroatoms. The molecule has 0 radical (unpaired) electrons. The summed E-state index contributed by atoms with van der Waals surface area (Å²) in [6.45, 7) is 9.48. The molecule has 2 aromatic rings. The number of rotatable bonds is 10. The fourth-order valence-electron chi connectivity index (χ4n) is 3.28. The number of aliphatic imine (C=N–C) groups is 1. The molecular weight excluding hydrogens is 382 g/mol. The van der Waals surface area contributed by atoms with Gasteiger partial charge in [-0.3, -0.25) is 0 Å². The fourth-order valence-corrected chi connectivity index (χ4v) is 3.28. The largest absolute Gasteiger partial charge is 0.491 e. The van der Waals surface area contributed by atoms with E-state index in [0.29, 0.717) is 24.9 Å². The second kappa shape index (κ2) is 11.5. The molecule has 0 aliphatic carbocycles. The lowest BCUT2D eigenvalue weighted by atomic mass is 10.1. The van der Waals surface area contributed by atoms with Crippen LogP contribution >= 0.6 is 0 Å². The zero-order chi connectivity index (χ0) is 21.2. The van der Waals surface area contributed by atoms with Gasteiger partial charge < -0.3 is 24.6 Å². The van der Waals surface area contributed by atoms with E-state index in [1.54, 1.807) is 0 Å². The van der Waals surface area contributed by atoms with Crippen molar-refractivity contribution in [3.8, 4) is 5.75 Å². The first-order valence-corrected chi connectivity index (χ1v) is 10.8. The summed E-state index contributed by atoms with van der Waals surface area (Å²) in [5, 5.41) is 10.5. The number of ether oxygens (including phenoxy) is 2. The van der Waals surface area contributed by atoms with E-state index in [-0.39, 0.29) is 6.10 Å². The Balaban J connectivity index is 1.53. The van der Waals surface area contributed by atoms with Gasteiger partial charge >= 0.3 is 0 Å². The van der Waals surface area contributed by atoms with Crippen LogP contribution in [-0.4, -0.2) is 48.5 Å². The maximum absolute atomic E-state index is 6.09. The van der Waals surface area contributed by atoms with Gasteiger partial charge in [-0.2, -0.15) is 4.98 Å². The molecule has 1 aromatic carbocycles. The van der Waals surface area contributed by atoms with Crippen LogP contribution in [0.5, 0.6) is 5.75 Å². The zero-order valence-corrected chi connectivity index (χ0v) is 18.2. The number of guanidine groups is 1. The van der Waals surface area contributed by atoms with Crippen LogP contribution in [0.3, 0.4) is 0 Å². The van der Waals surface area contributed by atoms with E-state index < -0.39 is 0 Å². The highest BCUT2D eigenvalue weighted by Gasteiger charge is 2.17. The molecule has 0 saturated carbocycles. The molecule has 1 fully saturated rings. The molecule has 2 N–H and O–H groups in total. The lowest BCUT2D eigenvalue weighted by Gasteiger charge is -2.15. The van der Waals surface area contributed by atoms with Crippen LogP contribution in [0.15, 0.2) is 27.7 Å². The Labute approximate surface area is 178 Å². The second-order valence-electron chi connectivity index (χ2n) is 7.52. The minimum Gasteiger partial charge on any atom is -0.491 e. The SMILES string of the molecule is CCNC(=NCc1ccc(C)cc1OCC1CCCO1)NCCCc1nc(C)no1. The quantitative estimate of drug-likeness (QED) is 0.350. The Morgan fingerprint density at radius 1 is 1.30 bits per heavy atom. The fraction of sp³-hybridized carbons (Fsp3) is 0.591. The Morgan fingerprint density at radius 2 is 2.20 bits per heavy atom. The first-order valence-electron chi connectivity index (χ1n) is 10.8. The predicted octanol–water partition coefficient (Wildman–Crippen LogP) is 2.93. The van der Waals surface area contributed by atoms with E-state index in [1.807, 2.05) is 6.92 Å². The van der Waals surface area contributed by atoms with Crippen LogP contribution < -0.4 is 15.4 Å². The van der Waals surface area contributed by atoms with Crippen molar-refractivity contribution in [2.45, 2.75) is 59.1 Å². The maximum Gasteiger partial charge on any atom is 0.226 e. The summed E-state index contributed by atoms with van der Waals surface area (Å²) in [5.41, 5.74) is 2.24. The van der Waals surface area contributed by atoms with Crippen LogP contribution in [0.4, 0.5) is 0 Å². The van der Waals surface area contributed by atoms with E-state index in [2.05, 4.69) is 52.8 Å². The first-order chi connectivity index (χ1) is 14.6. The molecular formula is C22H33N5O3. The van der Waals surface area contributed by atoms with Gasteiger partial charge in [0.1, 0.15) is 12.4 Å². The lowest BCUT2D eigenvalue weighted by Crippen LogP contribution is -2.37. The van der Waals surface area contributed by atoms with Gasteiger partial charge in [0.05, 0.1) is 12.6 Å². The average Bonchev–Trinajstić information content (AvgIpc) is 3.40. The maximum atomic E-state index is 6.09. The third-order valence-electron chi connectivity index (χ3n) is 4.85. The summed E-state index contributed by atoms with van der Waals surface area (Å²) in [7, 11) is 0. The molecule has 3 rings (SSSR count). The van der Waals surface area contributed by atoms with Crippen molar-refractivity contribution in [1.29, 1.82) is 0 Å². The third-order valence-corrected chi connectivity index (χ3v) is 4.85. The van der Waals surface area contributed by atoms with Gasteiger partial charge in [0.15, 0.2) is 11.8 Å². The number of hydrogen-bond donors (Lipinski definition) is 2. The van der Waals surface area contributed by atoms with Gasteiger partial charge in [-0.25, -0.2) is 4.99 Å². The molecule has 0 spiro atoms. The summed E-state index contributed by atoms with van der Waals surface area (Å²) < 4.78 is 16.9. The molecule has 0 bridgehead atoms. The van der Waals surface area contributed by atoms with E-state index >= 15 is 0 Å². The number of nitrogens with one attached hydrogen (secondary N) is 2. The standard InChI is InChI=1S/C22H33N5O3/c1-4-23-22(24-11-5-8-21-26-17(3)27-30-21)25-14-18-10-9-16(2)13-20(18)29-15-19-7-6-12-28-19/h9-10,13,19H,4-8,11-12,14-15H2,1-3H3,(H2,23,24,25). The Kier molecular flexibility index (Phi) is 8.50. The molecule has 164 valence electrons. The molecule has 2 heterocycles. The molecule has 1 aromatic heterocycles. The molecule has 1 atom stereocenters. The van der Waals surface area contributed by atoms with E-state index in [1.165, 1.54) is 5.56 Å². The number of aromatic nitrogens is 2. The lowest BCUT2D eigenvalue weighted by molar-refractivity contribution is 0.0676. The number of hydrogen-bond acceptors (Lipinski definition) is 6. The van der Waals surface area contributed by atoms with Gasteiger partial charge in [0.2, 0.25) is 5.89 Å². The minimum absolute atomic E-state index is 0.198. The van der Waals surface area contributed by atoms with Crippen LogP contribution in [-0.2, 0) is 17.7 Å². The molecule has 0 amide bonds.